The lowest BCUT2D eigenvalue weighted by Gasteiger charge is -1.99. The first kappa shape index (κ1) is 8.53. The van der Waals surface area contributed by atoms with E-state index in [0.717, 1.165) is 11.1 Å². The van der Waals surface area contributed by atoms with Gasteiger partial charge in [0.05, 0.1) is 5.56 Å². The number of rotatable bonds is 2. The highest BCUT2D eigenvalue weighted by molar-refractivity contribution is 5.88. The summed E-state index contributed by atoms with van der Waals surface area (Å²) in [5.41, 5.74) is 2.21. The van der Waals surface area contributed by atoms with Gasteiger partial charge in [-0.1, -0.05) is 24.3 Å². The second kappa shape index (κ2) is 3.22. The zero-order valence-electron chi connectivity index (χ0n) is 6.87. The summed E-state index contributed by atoms with van der Waals surface area (Å²) in [5, 5.41) is 8.59. The van der Waals surface area contributed by atoms with Crippen LogP contribution < -0.4 is 0 Å². The Balaban J connectivity index is 3.01. The van der Waals surface area contributed by atoms with E-state index in [0.29, 0.717) is 5.56 Å². The van der Waals surface area contributed by atoms with Crippen LogP contribution >= 0.6 is 0 Å². The van der Waals surface area contributed by atoms with Crippen molar-refractivity contribution in [3.05, 3.63) is 42.0 Å². The second-order valence-electron chi connectivity index (χ2n) is 2.66. The van der Waals surface area contributed by atoms with Gasteiger partial charge in [0.15, 0.2) is 0 Å². The first-order valence-electron chi connectivity index (χ1n) is 3.60. The molecule has 1 rings (SSSR count). The van der Waals surface area contributed by atoms with Crippen molar-refractivity contribution in [3.63, 3.8) is 0 Å². The van der Waals surface area contributed by atoms with Gasteiger partial charge in [-0.2, -0.15) is 0 Å². The first-order valence-corrected chi connectivity index (χ1v) is 3.60. The maximum atomic E-state index is 10.5. The van der Waals surface area contributed by atoms with Crippen LogP contribution in [0.15, 0.2) is 30.8 Å². The average molecular weight is 162 g/mol. The fraction of sp³-hybridized carbons (Fsp3) is 0.100. The molecule has 62 valence electrons. The molecule has 2 nitrogen and oxygen atoms in total. The predicted molar refractivity (Wildman–Crippen MR) is 48.1 cm³/mol. The molecule has 0 aliphatic carbocycles. The molecule has 0 aliphatic heterocycles. The maximum absolute atomic E-state index is 10.5. The summed E-state index contributed by atoms with van der Waals surface area (Å²) < 4.78 is 0. The number of benzene rings is 1. The van der Waals surface area contributed by atoms with Gasteiger partial charge in [0.1, 0.15) is 0 Å². The monoisotopic (exact) mass is 162 g/mol. The van der Waals surface area contributed by atoms with Gasteiger partial charge in [-0.3, -0.25) is 0 Å². The smallest absolute Gasteiger partial charge is 0.335 e. The maximum Gasteiger partial charge on any atom is 0.335 e. The summed E-state index contributed by atoms with van der Waals surface area (Å²) in [6.07, 6.45) is 0. The van der Waals surface area contributed by atoms with Crippen molar-refractivity contribution in [2.75, 3.05) is 0 Å². The van der Waals surface area contributed by atoms with Gasteiger partial charge in [0.2, 0.25) is 0 Å². The van der Waals surface area contributed by atoms with E-state index in [4.69, 9.17) is 5.11 Å². The van der Waals surface area contributed by atoms with Gasteiger partial charge < -0.3 is 5.11 Å². The SMILES string of the molecule is C=C(C)c1ccc(C(=O)O)cc1. The molecule has 0 saturated heterocycles. The molecule has 2 heteroatoms. The quantitative estimate of drug-likeness (QED) is 0.725. The zero-order chi connectivity index (χ0) is 9.14. The molecular formula is C10H10O2. The Morgan fingerprint density at radius 1 is 1.25 bits per heavy atom. The van der Waals surface area contributed by atoms with Gasteiger partial charge in [-0.25, -0.2) is 4.79 Å². The highest BCUT2D eigenvalue weighted by atomic mass is 16.4. The minimum Gasteiger partial charge on any atom is -0.478 e. The molecule has 0 heterocycles. The van der Waals surface area contributed by atoms with Crippen molar-refractivity contribution < 1.29 is 9.90 Å². The fourth-order valence-corrected chi connectivity index (χ4v) is 0.897. The summed E-state index contributed by atoms with van der Waals surface area (Å²) in [6.45, 7) is 5.64. The number of carboxylic acids is 1. The van der Waals surface area contributed by atoms with Crippen LogP contribution in [-0.2, 0) is 0 Å². The van der Waals surface area contributed by atoms with Crippen LogP contribution in [0.1, 0.15) is 22.8 Å². The fourth-order valence-electron chi connectivity index (χ4n) is 0.897. The van der Waals surface area contributed by atoms with E-state index in [2.05, 4.69) is 6.58 Å². The molecule has 0 saturated carbocycles. The van der Waals surface area contributed by atoms with Crippen LogP contribution in [0.3, 0.4) is 0 Å². The molecule has 1 aromatic rings. The van der Waals surface area contributed by atoms with E-state index >= 15 is 0 Å². The standard InChI is InChI=1S/C10H10O2/c1-7(2)8-3-5-9(6-4-8)10(11)12/h3-6H,1H2,2H3,(H,11,12). The number of carbonyl (C=O) groups is 1. The second-order valence-corrected chi connectivity index (χ2v) is 2.66. The third-order valence-electron chi connectivity index (χ3n) is 1.62. The van der Waals surface area contributed by atoms with E-state index in [-0.39, 0.29) is 0 Å². The zero-order valence-corrected chi connectivity index (χ0v) is 6.87. The van der Waals surface area contributed by atoms with Crippen LogP contribution in [0.5, 0.6) is 0 Å². The minimum atomic E-state index is -0.900. The molecule has 12 heavy (non-hydrogen) atoms. The van der Waals surface area contributed by atoms with Crippen molar-refractivity contribution in [1.82, 2.24) is 0 Å². The van der Waals surface area contributed by atoms with Gasteiger partial charge in [0, 0.05) is 0 Å². The molecule has 1 aromatic carbocycles. The van der Waals surface area contributed by atoms with Gasteiger partial charge in [-0.15, -0.1) is 0 Å². The number of carboxylic acid groups (broad SMARTS) is 1. The van der Waals surface area contributed by atoms with Crippen molar-refractivity contribution in [3.8, 4) is 0 Å². The van der Waals surface area contributed by atoms with Gasteiger partial charge >= 0.3 is 5.97 Å². The topological polar surface area (TPSA) is 37.3 Å². The lowest BCUT2D eigenvalue weighted by atomic mass is 10.1. The largest absolute Gasteiger partial charge is 0.478 e. The van der Waals surface area contributed by atoms with Crippen LogP contribution in [-0.4, -0.2) is 11.1 Å². The lowest BCUT2D eigenvalue weighted by molar-refractivity contribution is 0.0697. The van der Waals surface area contributed by atoms with Crippen molar-refractivity contribution >= 4 is 11.5 Å². The normalized spacial score (nSPS) is 9.42. The van der Waals surface area contributed by atoms with E-state index < -0.39 is 5.97 Å². The highest BCUT2D eigenvalue weighted by Gasteiger charge is 2.00. The third kappa shape index (κ3) is 1.72. The molecule has 0 amide bonds. The average Bonchev–Trinajstić information content (AvgIpc) is 2.04. The van der Waals surface area contributed by atoms with E-state index in [1.807, 2.05) is 6.92 Å². The Kier molecular flexibility index (Phi) is 2.29. The highest BCUT2D eigenvalue weighted by Crippen LogP contribution is 2.11. The van der Waals surface area contributed by atoms with Crippen LogP contribution in [0.4, 0.5) is 0 Å². The van der Waals surface area contributed by atoms with E-state index in [1.165, 1.54) is 0 Å². The summed E-state index contributed by atoms with van der Waals surface area (Å²) in [6, 6.07) is 6.66. The van der Waals surface area contributed by atoms with E-state index in [1.54, 1.807) is 24.3 Å². The third-order valence-corrected chi connectivity index (χ3v) is 1.62. The molecule has 0 spiro atoms. The van der Waals surface area contributed by atoms with Crippen molar-refractivity contribution in [1.29, 1.82) is 0 Å². The number of hydrogen-bond acceptors (Lipinski definition) is 1. The van der Waals surface area contributed by atoms with Crippen LogP contribution in [0.25, 0.3) is 5.57 Å². The number of hydrogen-bond donors (Lipinski definition) is 1. The van der Waals surface area contributed by atoms with Crippen molar-refractivity contribution in [2.24, 2.45) is 0 Å². The molecule has 0 unspecified atom stereocenters. The van der Waals surface area contributed by atoms with E-state index in [9.17, 15) is 4.79 Å². The Morgan fingerprint density at radius 2 is 1.67 bits per heavy atom. The molecule has 1 N–H and O–H groups in total. The molecule has 0 atom stereocenters. The Labute approximate surface area is 71.2 Å². The van der Waals surface area contributed by atoms with Gasteiger partial charge in [-0.05, 0) is 24.6 Å². The number of allylic oxidation sites excluding steroid dienone is 1. The van der Waals surface area contributed by atoms with Crippen molar-refractivity contribution in [2.45, 2.75) is 6.92 Å². The summed E-state index contributed by atoms with van der Waals surface area (Å²) in [4.78, 5) is 10.5. The molecule has 0 bridgehead atoms. The molecule has 0 aromatic heterocycles. The molecule has 0 fully saturated rings. The lowest BCUT2D eigenvalue weighted by Crippen LogP contribution is -1.95. The Hall–Kier alpha value is -1.57. The van der Waals surface area contributed by atoms with Crippen LogP contribution in [0.2, 0.25) is 0 Å². The Morgan fingerprint density at radius 3 is 2.00 bits per heavy atom. The van der Waals surface area contributed by atoms with Crippen LogP contribution in [0, 0.1) is 0 Å². The summed E-state index contributed by atoms with van der Waals surface area (Å²) >= 11 is 0. The molecule has 0 radical (unpaired) electrons. The summed E-state index contributed by atoms with van der Waals surface area (Å²) in [5.74, 6) is -0.900. The predicted octanol–water partition coefficient (Wildman–Crippen LogP) is 2.42. The minimum absolute atomic E-state index is 0.306. The molecule has 0 aliphatic rings. The summed E-state index contributed by atoms with van der Waals surface area (Å²) in [7, 11) is 0. The van der Waals surface area contributed by atoms with Gasteiger partial charge in [0.25, 0.3) is 0 Å². The number of aromatic carboxylic acids is 1. The first-order chi connectivity index (χ1) is 5.61. The molecular weight excluding hydrogens is 152 g/mol. The Bertz CT molecular complexity index is 276.